The van der Waals surface area contributed by atoms with Crippen LogP contribution < -0.4 is 15.2 Å². The Morgan fingerprint density at radius 3 is 2.30 bits per heavy atom. The van der Waals surface area contributed by atoms with Gasteiger partial charge in [0.15, 0.2) is 0 Å². The van der Waals surface area contributed by atoms with Gasteiger partial charge in [-0.25, -0.2) is 18.1 Å². The van der Waals surface area contributed by atoms with Gasteiger partial charge in [0.05, 0.1) is 22.0 Å². The number of fused-ring (bicyclic) bond motifs is 4. The molecule has 3 aromatic rings. The second-order valence-corrected chi connectivity index (χ2v) is 13.6. The number of carbonyl (C=O) groups excluding carboxylic acids is 1. The van der Waals surface area contributed by atoms with Gasteiger partial charge in [0.2, 0.25) is 11.8 Å². The van der Waals surface area contributed by atoms with E-state index >= 15 is 0 Å². The first-order valence-corrected chi connectivity index (χ1v) is 15.4. The van der Waals surface area contributed by atoms with Crippen LogP contribution in [0.3, 0.4) is 0 Å². The van der Waals surface area contributed by atoms with E-state index in [4.69, 9.17) is 10.5 Å². The highest BCUT2D eigenvalue weighted by Gasteiger charge is 2.50. The molecule has 0 unspecified atom stereocenters. The van der Waals surface area contributed by atoms with Gasteiger partial charge in [0.25, 0.3) is 15.9 Å². The van der Waals surface area contributed by atoms with E-state index in [0.717, 1.165) is 30.5 Å². The molecule has 1 saturated carbocycles. The molecule has 1 aliphatic heterocycles. The van der Waals surface area contributed by atoms with Crippen molar-refractivity contribution in [3.63, 3.8) is 0 Å². The van der Waals surface area contributed by atoms with Gasteiger partial charge in [-0.3, -0.25) is 4.79 Å². The van der Waals surface area contributed by atoms with E-state index in [1.165, 1.54) is 35.2 Å². The van der Waals surface area contributed by atoms with Crippen molar-refractivity contribution < 1.29 is 31.1 Å². The van der Waals surface area contributed by atoms with Crippen LogP contribution in [0.4, 0.5) is 19.1 Å². The minimum absolute atomic E-state index is 0. The minimum Gasteiger partial charge on any atom is -0.475 e. The number of rotatable bonds is 4. The lowest BCUT2D eigenvalue weighted by Gasteiger charge is -2.47. The number of halogens is 4. The average molecular weight is 654 g/mol. The highest BCUT2D eigenvalue weighted by Crippen LogP contribution is 2.43. The number of anilines is 1. The molecule has 2 heterocycles. The fourth-order valence-electron chi connectivity index (χ4n) is 5.63. The predicted molar refractivity (Wildman–Crippen MR) is 162 cm³/mol. The maximum Gasteiger partial charge on any atom is 0.394 e. The van der Waals surface area contributed by atoms with E-state index in [-0.39, 0.29) is 47.3 Å². The van der Waals surface area contributed by atoms with E-state index < -0.39 is 46.0 Å². The Labute approximate surface area is 260 Å². The summed E-state index contributed by atoms with van der Waals surface area (Å²) in [5.41, 5.74) is 6.71. The fourth-order valence-corrected chi connectivity index (χ4v) is 6.62. The largest absolute Gasteiger partial charge is 0.475 e. The number of benzene rings is 2. The van der Waals surface area contributed by atoms with Crippen LogP contribution in [-0.4, -0.2) is 60.1 Å². The Balaban J connectivity index is 0.00000442. The Bertz CT molecular complexity index is 1640. The van der Waals surface area contributed by atoms with Gasteiger partial charge in [-0.2, -0.15) is 18.2 Å². The molecule has 1 aliphatic carbocycles. The zero-order valence-corrected chi connectivity index (χ0v) is 26.3. The molecule has 0 spiro atoms. The normalized spacial score (nSPS) is 21.8. The number of carbonyl (C=O) groups is 1. The van der Waals surface area contributed by atoms with Crippen molar-refractivity contribution in [2.75, 3.05) is 11.3 Å². The van der Waals surface area contributed by atoms with Gasteiger partial charge >= 0.3 is 6.18 Å². The number of nitrogens with two attached hydrogens (primary N) is 1. The standard InChI is InChI=1S/C30H34F3N5O4S.ClH/c1-17-7-5-8-18(2)26(17)24-14-25-36-28(35-24)37-43(40,41)23-10-6-9-19(11-23)27(39)38(21-12-20(34)13-21)22(16-42-25)15-29(3,4)30(31,32)33;/h5-11,14,20-22H,12-13,15-16,34H2,1-4H3,(H,35,36,37);1H/t20?,21?,22-;/m1./s1. The molecule has 9 nitrogen and oxygen atoms in total. The van der Waals surface area contributed by atoms with Crippen LogP contribution in [0.1, 0.15) is 54.6 Å². The first kappa shape index (κ1) is 33.5. The lowest BCUT2D eigenvalue weighted by Crippen LogP contribution is -2.59. The number of aromatic nitrogens is 2. The molecule has 4 bridgehead atoms. The zero-order valence-electron chi connectivity index (χ0n) is 24.7. The molecule has 0 radical (unpaired) electrons. The summed E-state index contributed by atoms with van der Waals surface area (Å²) in [6, 6.07) is 10.8. The van der Waals surface area contributed by atoms with Crippen LogP contribution in [-0.2, 0) is 10.0 Å². The molecule has 2 aliphatic rings. The van der Waals surface area contributed by atoms with Crippen LogP contribution in [0.2, 0.25) is 0 Å². The van der Waals surface area contributed by atoms with Crippen LogP contribution in [0.5, 0.6) is 5.88 Å². The number of alkyl halides is 3. The minimum atomic E-state index is -4.56. The molecule has 238 valence electrons. The van der Waals surface area contributed by atoms with E-state index in [9.17, 15) is 26.4 Å². The van der Waals surface area contributed by atoms with Crippen molar-refractivity contribution in [2.24, 2.45) is 11.1 Å². The highest BCUT2D eigenvalue weighted by molar-refractivity contribution is 7.92. The molecule has 2 aromatic carbocycles. The fraction of sp³-hybridized carbons (Fsp3) is 0.433. The number of nitrogens with zero attached hydrogens (tertiary/aromatic N) is 3. The summed E-state index contributed by atoms with van der Waals surface area (Å²) in [6.07, 6.45) is -4.24. The van der Waals surface area contributed by atoms with Gasteiger partial charge in [-0.15, -0.1) is 12.4 Å². The average Bonchev–Trinajstić information content (AvgIpc) is 2.89. The SMILES string of the molecule is Cc1cccc(C)c1-c1cc2nc(n1)NS(=O)(=O)c1cccc(c1)C(=O)N(C1CC(N)C1)[C@H](CC(C)(C)C(F)(F)F)CO2.Cl. The molecule has 1 atom stereocenters. The van der Waals surface area contributed by atoms with Crippen molar-refractivity contribution in [3.05, 3.63) is 65.2 Å². The van der Waals surface area contributed by atoms with Crippen molar-refractivity contribution in [1.29, 1.82) is 0 Å². The maximum absolute atomic E-state index is 14.2. The summed E-state index contributed by atoms with van der Waals surface area (Å²) in [4.78, 5) is 23.9. The summed E-state index contributed by atoms with van der Waals surface area (Å²) < 4.78 is 77.8. The number of aryl methyl sites for hydroxylation is 2. The van der Waals surface area contributed by atoms with Gasteiger partial charge < -0.3 is 15.4 Å². The van der Waals surface area contributed by atoms with Gasteiger partial charge in [-0.05, 0) is 62.4 Å². The van der Waals surface area contributed by atoms with E-state index in [1.54, 1.807) is 0 Å². The van der Waals surface area contributed by atoms with E-state index in [2.05, 4.69) is 14.7 Å². The third-order valence-electron chi connectivity index (χ3n) is 8.16. The number of hydrogen-bond donors (Lipinski definition) is 2. The Morgan fingerprint density at radius 1 is 1.05 bits per heavy atom. The van der Waals surface area contributed by atoms with E-state index in [1.807, 2.05) is 32.0 Å². The van der Waals surface area contributed by atoms with Gasteiger partial charge in [-0.1, -0.05) is 38.1 Å². The van der Waals surface area contributed by atoms with Crippen LogP contribution in [0.15, 0.2) is 53.4 Å². The molecule has 14 heteroatoms. The molecule has 1 fully saturated rings. The number of hydrogen-bond acceptors (Lipinski definition) is 7. The molecule has 3 N–H and O–H groups in total. The first-order valence-electron chi connectivity index (χ1n) is 13.9. The van der Waals surface area contributed by atoms with Crippen LogP contribution in [0, 0.1) is 19.3 Å². The summed E-state index contributed by atoms with van der Waals surface area (Å²) in [6.45, 7) is 5.60. The zero-order chi connectivity index (χ0) is 31.3. The predicted octanol–water partition coefficient (Wildman–Crippen LogP) is 5.65. The Morgan fingerprint density at radius 2 is 1.68 bits per heavy atom. The molecule has 44 heavy (non-hydrogen) atoms. The van der Waals surface area contributed by atoms with Gasteiger partial charge in [0, 0.05) is 29.3 Å². The molecule has 1 amide bonds. The monoisotopic (exact) mass is 653 g/mol. The van der Waals surface area contributed by atoms with Gasteiger partial charge in [0.1, 0.15) is 6.61 Å². The molecular weight excluding hydrogens is 619 g/mol. The summed E-state index contributed by atoms with van der Waals surface area (Å²) in [5, 5.41) is 0. The smallest absolute Gasteiger partial charge is 0.394 e. The molecular formula is C30H35ClF3N5O4S. The van der Waals surface area contributed by atoms with E-state index in [0.29, 0.717) is 18.5 Å². The number of ether oxygens (including phenoxy) is 1. The third kappa shape index (κ3) is 6.64. The van der Waals surface area contributed by atoms with Crippen molar-refractivity contribution in [1.82, 2.24) is 14.9 Å². The Kier molecular flexibility index (Phi) is 9.26. The number of nitrogens with one attached hydrogen (secondary N) is 1. The highest BCUT2D eigenvalue weighted by atomic mass is 35.5. The summed E-state index contributed by atoms with van der Waals surface area (Å²) in [7, 11) is -4.27. The number of sulfonamides is 1. The summed E-state index contributed by atoms with van der Waals surface area (Å²) in [5.74, 6) is -0.933. The van der Waals surface area contributed by atoms with Crippen LogP contribution in [0.25, 0.3) is 11.3 Å². The lowest BCUT2D eigenvalue weighted by atomic mass is 9.80. The van der Waals surface area contributed by atoms with Crippen molar-refractivity contribution in [3.8, 4) is 17.1 Å². The second-order valence-electron chi connectivity index (χ2n) is 12.0. The Hall–Kier alpha value is -3.42. The summed E-state index contributed by atoms with van der Waals surface area (Å²) >= 11 is 0. The van der Waals surface area contributed by atoms with Crippen LogP contribution >= 0.6 is 12.4 Å². The quantitative estimate of drug-likeness (QED) is 0.372. The third-order valence-corrected chi connectivity index (χ3v) is 9.49. The second kappa shape index (κ2) is 12.2. The maximum atomic E-state index is 14.2. The molecule has 5 rings (SSSR count). The number of amides is 1. The van der Waals surface area contributed by atoms with Crippen molar-refractivity contribution in [2.45, 2.75) is 76.2 Å². The van der Waals surface area contributed by atoms with Crippen molar-refractivity contribution >= 4 is 34.3 Å². The molecule has 1 aromatic heterocycles. The first-order chi connectivity index (χ1) is 20.1. The topological polar surface area (TPSA) is 128 Å². The lowest BCUT2D eigenvalue weighted by molar-refractivity contribution is -0.218. The molecule has 0 saturated heterocycles.